The molecule has 0 bridgehead atoms. The predicted octanol–water partition coefficient (Wildman–Crippen LogP) is 3.30. The van der Waals surface area contributed by atoms with E-state index in [2.05, 4.69) is 22.1 Å². The molecule has 7 nitrogen and oxygen atoms in total. The molecule has 1 amide bonds. The summed E-state index contributed by atoms with van der Waals surface area (Å²) in [4.78, 5) is 26.6. The first-order chi connectivity index (χ1) is 15.0. The van der Waals surface area contributed by atoms with Crippen LogP contribution in [-0.2, 0) is 4.79 Å². The Morgan fingerprint density at radius 2 is 1.94 bits per heavy atom. The molecular weight excluding hydrogens is 396 g/mol. The van der Waals surface area contributed by atoms with Crippen LogP contribution in [0, 0.1) is 11.8 Å². The van der Waals surface area contributed by atoms with Crippen molar-refractivity contribution in [1.82, 2.24) is 4.98 Å². The van der Waals surface area contributed by atoms with E-state index < -0.39 is 12.1 Å². The zero-order valence-electron chi connectivity index (χ0n) is 16.5. The number of carboxylic acids is 1. The molecule has 1 aliphatic heterocycles. The quantitative estimate of drug-likeness (QED) is 0.387. The molecule has 31 heavy (non-hydrogen) atoms. The highest BCUT2D eigenvalue weighted by atomic mass is 16.5. The fourth-order valence-electron chi connectivity index (χ4n) is 3.33. The second-order valence-electron chi connectivity index (χ2n) is 6.80. The summed E-state index contributed by atoms with van der Waals surface area (Å²) in [5, 5.41) is 22.2. The number of aromatic nitrogens is 1. The molecule has 0 aliphatic carbocycles. The number of hydrogen-bond acceptors (Lipinski definition) is 4. The van der Waals surface area contributed by atoms with Crippen LogP contribution in [0.4, 0.5) is 5.69 Å². The third-order valence-corrected chi connectivity index (χ3v) is 4.89. The van der Waals surface area contributed by atoms with Gasteiger partial charge >= 0.3 is 5.97 Å². The second kappa shape index (κ2) is 8.22. The van der Waals surface area contributed by atoms with Crippen LogP contribution in [0.5, 0.6) is 5.75 Å². The van der Waals surface area contributed by atoms with Crippen LogP contribution in [0.2, 0.25) is 0 Å². The Balaban J connectivity index is 1.69. The second-order valence-corrected chi connectivity index (χ2v) is 6.80. The van der Waals surface area contributed by atoms with Gasteiger partial charge in [-0.3, -0.25) is 4.79 Å². The lowest BCUT2D eigenvalue weighted by atomic mass is 9.99. The van der Waals surface area contributed by atoms with E-state index in [1.54, 1.807) is 43.6 Å². The molecule has 3 aromatic rings. The van der Waals surface area contributed by atoms with Crippen molar-refractivity contribution in [2.75, 3.05) is 12.4 Å². The number of hydrogen-bond donors (Lipinski definition) is 4. The minimum absolute atomic E-state index is 0.129. The number of H-pyrrole nitrogens is 1. The van der Waals surface area contributed by atoms with Gasteiger partial charge in [0.25, 0.3) is 5.91 Å². The lowest BCUT2D eigenvalue weighted by Gasteiger charge is -2.05. The Kier molecular flexibility index (Phi) is 5.31. The van der Waals surface area contributed by atoms with Crippen molar-refractivity contribution in [3.8, 4) is 17.6 Å². The number of methoxy groups -OCH3 is 1. The highest BCUT2D eigenvalue weighted by Crippen LogP contribution is 2.36. The molecule has 2 heterocycles. The third kappa shape index (κ3) is 3.92. The van der Waals surface area contributed by atoms with Gasteiger partial charge in [-0.1, -0.05) is 30.0 Å². The Bertz CT molecular complexity index is 1260. The van der Waals surface area contributed by atoms with Crippen LogP contribution in [-0.4, -0.2) is 34.2 Å². The van der Waals surface area contributed by atoms with Crippen molar-refractivity contribution < 1.29 is 24.5 Å². The number of aliphatic hydroxyl groups is 1. The minimum Gasteiger partial charge on any atom is -0.495 e. The van der Waals surface area contributed by atoms with E-state index in [1.165, 1.54) is 24.3 Å². The van der Waals surface area contributed by atoms with Gasteiger partial charge in [-0.15, -0.1) is 0 Å². The van der Waals surface area contributed by atoms with E-state index in [4.69, 9.17) is 9.84 Å². The highest BCUT2D eigenvalue weighted by Gasteiger charge is 2.27. The van der Waals surface area contributed by atoms with E-state index in [0.29, 0.717) is 39.4 Å². The van der Waals surface area contributed by atoms with Gasteiger partial charge in [0.1, 0.15) is 11.9 Å². The topological polar surface area (TPSA) is 112 Å². The maximum absolute atomic E-state index is 12.6. The molecule has 2 aromatic carbocycles. The summed E-state index contributed by atoms with van der Waals surface area (Å²) < 4.78 is 5.29. The molecular formula is C24H18N2O5. The van der Waals surface area contributed by atoms with Gasteiger partial charge in [-0.25, -0.2) is 4.79 Å². The summed E-state index contributed by atoms with van der Waals surface area (Å²) in [6.45, 7) is 0. The van der Waals surface area contributed by atoms with E-state index in [0.717, 1.165) is 0 Å². The van der Waals surface area contributed by atoms with Gasteiger partial charge in [0.15, 0.2) is 0 Å². The molecule has 4 rings (SSSR count). The zero-order chi connectivity index (χ0) is 22.0. The number of fused-ring (bicyclic) bond motifs is 1. The van der Waals surface area contributed by atoms with Gasteiger partial charge in [-0.2, -0.15) is 0 Å². The fourth-order valence-corrected chi connectivity index (χ4v) is 3.33. The van der Waals surface area contributed by atoms with E-state index in [-0.39, 0.29) is 11.5 Å². The van der Waals surface area contributed by atoms with Crippen molar-refractivity contribution in [2.24, 2.45) is 0 Å². The monoisotopic (exact) mass is 414 g/mol. The normalized spacial score (nSPS) is 14.4. The minimum atomic E-state index is -1.11. The van der Waals surface area contributed by atoms with Gasteiger partial charge in [0.2, 0.25) is 0 Å². The molecule has 0 saturated carbocycles. The van der Waals surface area contributed by atoms with Crippen LogP contribution in [0.25, 0.3) is 11.6 Å². The number of ether oxygens (including phenoxy) is 1. The van der Waals surface area contributed by atoms with Gasteiger partial charge in [0.05, 0.1) is 29.6 Å². The summed E-state index contributed by atoms with van der Waals surface area (Å²) in [5.74, 6) is 5.03. The summed E-state index contributed by atoms with van der Waals surface area (Å²) in [6.07, 6.45) is 2.31. The summed E-state index contributed by atoms with van der Waals surface area (Å²) in [6, 6.07) is 13.0. The van der Waals surface area contributed by atoms with E-state index in [9.17, 15) is 14.7 Å². The number of carboxylic acid groups (broad SMARTS) is 1. The van der Waals surface area contributed by atoms with Gasteiger partial charge < -0.3 is 25.3 Å². The Hall–Kier alpha value is -4.28. The number of aromatic carboxylic acids is 1. The first kappa shape index (κ1) is 20.0. The van der Waals surface area contributed by atoms with Crippen LogP contribution in [0.3, 0.4) is 0 Å². The molecule has 0 spiro atoms. The number of aromatic amines is 1. The average Bonchev–Trinajstić information content (AvgIpc) is 3.36. The SMILES string of the molecule is COc1cc[nH]c1/C=C1\C(=O)Nc2cccc(C#CC(O)c3ccc(C(=O)O)cc3)c21. The van der Waals surface area contributed by atoms with Gasteiger partial charge in [-0.05, 0) is 42.0 Å². The Morgan fingerprint density at radius 3 is 2.65 bits per heavy atom. The number of rotatable bonds is 4. The predicted molar refractivity (Wildman–Crippen MR) is 116 cm³/mol. The smallest absolute Gasteiger partial charge is 0.335 e. The van der Waals surface area contributed by atoms with Crippen molar-refractivity contribution in [1.29, 1.82) is 0 Å². The molecule has 1 atom stereocenters. The molecule has 4 N–H and O–H groups in total. The maximum atomic E-state index is 12.6. The molecule has 154 valence electrons. The first-order valence-electron chi connectivity index (χ1n) is 9.38. The van der Waals surface area contributed by atoms with Crippen LogP contribution in [0.1, 0.15) is 38.8 Å². The molecule has 0 fully saturated rings. The van der Waals surface area contributed by atoms with Crippen molar-refractivity contribution in [3.05, 3.63) is 82.7 Å². The summed E-state index contributed by atoms with van der Waals surface area (Å²) in [5.41, 5.74) is 3.55. The third-order valence-electron chi connectivity index (χ3n) is 4.89. The van der Waals surface area contributed by atoms with Crippen LogP contribution >= 0.6 is 0 Å². The number of anilines is 1. The summed E-state index contributed by atoms with van der Waals surface area (Å²) >= 11 is 0. The number of benzene rings is 2. The molecule has 1 unspecified atom stereocenters. The first-order valence-corrected chi connectivity index (χ1v) is 9.38. The number of nitrogens with one attached hydrogen (secondary N) is 2. The number of carbonyl (C=O) groups excluding carboxylic acids is 1. The highest BCUT2D eigenvalue weighted by molar-refractivity contribution is 6.35. The lowest BCUT2D eigenvalue weighted by Crippen LogP contribution is -2.03. The van der Waals surface area contributed by atoms with E-state index in [1.807, 2.05) is 0 Å². The van der Waals surface area contributed by atoms with Crippen LogP contribution < -0.4 is 10.1 Å². The molecule has 1 aliphatic rings. The molecule has 1 aromatic heterocycles. The molecule has 7 heteroatoms. The van der Waals surface area contributed by atoms with Crippen molar-refractivity contribution >= 4 is 29.2 Å². The number of amides is 1. The average molecular weight is 414 g/mol. The largest absolute Gasteiger partial charge is 0.495 e. The number of aliphatic hydroxyl groups excluding tert-OH is 1. The standard InChI is InChI=1S/C24H18N2O5/c1-31-21-11-12-25-19(21)13-17-22-15(3-2-4-18(22)26-23(17)28)9-10-20(27)14-5-7-16(8-6-14)24(29)30/h2-8,11-13,20,25,27H,1H3,(H,26,28)(H,29,30)/b17-13-. The summed E-state index contributed by atoms with van der Waals surface area (Å²) in [7, 11) is 1.55. The maximum Gasteiger partial charge on any atom is 0.335 e. The molecule has 0 radical (unpaired) electrons. The lowest BCUT2D eigenvalue weighted by molar-refractivity contribution is -0.110. The Labute approximate surface area is 178 Å². The van der Waals surface area contributed by atoms with Crippen LogP contribution in [0.15, 0.2) is 54.7 Å². The van der Waals surface area contributed by atoms with Crippen molar-refractivity contribution in [3.63, 3.8) is 0 Å². The van der Waals surface area contributed by atoms with Crippen molar-refractivity contribution in [2.45, 2.75) is 6.10 Å². The molecule has 0 saturated heterocycles. The van der Waals surface area contributed by atoms with E-state index >= 15 is 0 Å². The number of carbonyl (C=O) groups is 2. The van der Waals surface area contributed by atoms with Gasteiger partial charge in [0, 0.05) is 17.3 Å². The fraction of sp³-hybridized carbons (Fsp3) is 0.0833. The zero-order valence-corrected chi connectivity index (χ0v) is 16.5. The Morgan fingerprint density at radius 1 is 1.16 bits per heavy atom.